The largest absolute Gasteiger partial charge is 0.264 e. The Kier molecular flexibility index (Phi) is 3.52. The average molecular weight is 298 g/mol. The fourth-order valence-electron chi connectivity index (χ4n) is 1.68. The van der Waals surface area contributed by atoms with Crippen molar-refractivity contribution >= 4 is 15.9 Å². The van der Waals surface area contributed by atoms with Crippen molar-refractivity contribution in [3.05, 3.63) is 63.9 Å². The SMILES string of the molecule is CC(c1cccnc1)c1cc(Br)c(F)cc1F. The van der Waals surface area contributed by atoms with E-state index in [1.807, 2.05) is 13.0 Å². The number of hydrogen-bond donors (Lipinski definition) is 0. The Morgan fingerprint density at radius 1 is 1.24 bits per heavy atom. The molecule has 1 aromatic carbocycles. The van der Waals surface area contributed by atoms with Crippen molar-refractivity contribution in [3.8, 4) is 0 Å². The molecule has 1 unspecified atom stereocenters. The van der Waals surface area contributed by atoms with Gasteiger partial charge in [0.25, 0.3) is 0 Å². The zero-order valence-corrected chi connectivity index (χ0v) is 10.7. The molecular weight excluding hydrogens is 288 g/mol. The first kappa shape index (κ1) is 12.2. The molecule has 0 aliphatic heterocycles. The van der Waals surface area contributed by atoms with Crippen LogP contribution in [-0.4, -0.2) is 4.98 Å². The zero-order valence-electron chi connectivity index (χ0n) is 9.12. The number of pyridine rings is 1. The van der Waals surface area contributed by atoms with E-state index in [4.69, 9.17) is 0 Å². The van der Waals surface area contributed by atoms with Gasteiger partial charge in [0.1, 0.15) is 11.6 Å². The van der Waals surface area contributed by atoms with E-state index >= 15 is 0 Å². The number of hydrogen-bond acceptors (Lipinski definition) is 1. The predicted octanol–water partition coefficient (Wildman–Crippen LogP) is 4.27. The van der Waals surface area contributed by atoms with E-state index in [1.165, 1.54) is 6.07 Å². The second kappa shape index (κ2) is 4.92. The molecule has 1 atom stereocenters. The molecule has 0 saturated carbocycles. The Bertz CT molecular complexity index is 528. The molecule has 0 fully saturated rings. The van der Waals surface area contributed by atoms with Crippen molar-refractivity contribution in [2.24, 2.45) is 0 Å². The number of halogens is 3. The van der Waals surface area contributed by atoms with Crippen molar-refractivity contribution in [3.63, 3.8) is 0 Å². The third kappa shape index (κ3) is 2.52. The second-order valence-electron chi connectivity index (χ2n) is 3.80. The van der Waals surface area contributed by atoms with Gasteiger partial charge in [-0.25, -0.2) is 8.78 Å². The lowest BCUT2D eigenvalue weighted by atomic mass is 9.94. The smallest absolute Gasteiger partial charge is 0.140 e. The molecule has 0 amide bonds. The monoisotopic (exact) mass is 297 g/mol. The summed E-state index contributed by atoms with van der Waals surface area (Å²) in [6, 6.07) is 6.03. The summed E-state index contributed by atoms with van der Waals surface area (Å²) in [6.45, 7) is 1.86. The predicted molar refractivity (Wildman–Crippen MR) is 65.8 cm³/mol. The van der Waals surface area contributed by atoms with Gasteiger partial charge in [-0.3, -0.25) is 4.98 Å². The molecule has 0 saturated heterocycles. The summed E-state index contributed by atoms with van der Waals surface area (Å²) < 4.78 is 27.1. The Hall–Kier alpha value is -1.29. The first-order chi connectivity index (χ1) is 8.09. The van der Waals surface area contributed by atoms with Crippen LogP contribution in [0.2, 0.25) is 0 Å². The summed E-state index contributed by atoms with van der Waals surface area (Å²) >= 11 is 3.06. The average Bonchev–Trinajstić information content (AvgIpc) is 2.34. The Balaban J connectivity index is 2.44. The Labute approximate surface area is 107 Å². The number of nitrogens with zero attached hydrogens (tertiary/aromatic N) is 1. The minimum absolute atomic E-state index is 0.166. The maximum atomic E-state index is 13.7. The minimum Gasteiger partial charge on any atom is -0.264 e. The number of benzene rings is 1. The Morgan fingerprint density at radius 3 is 2.65 bits per heavy atom. The second-order valence-corrected chi connectivity index (χ2v) is 4.65. The first-order valence-corrected chi connectivity index (χ1v) is 5.93. The van der Waals surface area contributed by atoms with Crippen LogP contribution in [0.5, 0.6) is 0 Å². The highest BCUT2D eigenvalue weighted by molar-refractivity contribution is 9.10. The summed E-state index contributed by atoms with van der Waals surface area (Å²) in [5.41, 5.74) is 1.34. The normalized spacial score (nSPS) is 12.5. The molecular formula is C13H10BrF2N. The molecule has 4 heteroatoms. The summed E-state index contributed by atoms with van der Waals surface area (Å²) in [6.07, 6.45) is 3.34. The molecule has 17 heavy (non-hydrogen) atoms. The molecule has 0 aliphatic carbocycles. The lowest BCUT2D eigenvalue weighted by Crippen LogP contribution is -2.01. The molecule has 2 aromatic rings. The van der Waals surface area contributed by atoms with E-state index in [1.54, 1.807) is 18.5 Å². The first-order valence-electron chi connectivity index (χ1n) is 5.14. The van der Waals surface area contributed by atoms with E-state index in [-0.39, 0.29) is 10.4 Å². The molecule has 88 valence electrons. The van der Waals surface area contributed by atoms with Crippen LogP contribution in [0.3, 0.4) is 0 Å². The molecule has 0 bridgehead atoms. The van der Waals surface area contributed by atoms with E-state index in [0.29, 0.717) is 5.56 Å². The van der Waals surface area contributed by atoms with Gasteiger partial charge in [0.05, 0.1) is 4.47 Å². The van der Waals surface area contributed by atoms with Crippen molar-refractivity contribution in [2.75, 3.05) is 0 Å². The molecule has 0 radical (unpaired) electrons. The van der Waals surface area contributed by atoms with Gasteiger partial charge in [-0.05, 0) is 39.2 Å². The van der Waals surface area contributed by atoms with Gasteiger partial charge >= 0.3 is 0 Å². The van der Waals surface area contributed by atoms with Crippen molar-refractivity contribution in [1.29, 1.82) is 0 Å². The third-order valence-corrected chi connectivity index (χ3v) is 3.30. The minimum atomic E-state index is -0.593. The van der Waals surface area contributed by atoms with Crippen LogP contribution in [0.25, 0.3) is 0 Å². The van der Waals surface area contributed by atoms with Gasteiger partial charge < -0.3 is 0 Å². The Morgan fingerprint density at radius 2 is 2.00 bits per heavy atom. The maximum absolute atomic E-state index is 13.7. The third-order valence-electron chi connectivity index (χ3n) is 2.69. The van der Waals surface area contributed by atoms with Gasteiger partial charge in [0.15, 0.2) is 0 Å². The van der Waals surface area contributed by atoms with E-state index in [0.717, 1.165) is 11.6 Å². The number of aromatic nitrogens is 1. The molecule has 0 spiro atoms. The molecule has 1 aromatic heterocycles. The van der Waals surface area contributed by atoms with Gasteiger partial charge in [0.2, 0.25) is 0 Å². The van der Waals surface area contributed by atoms with E-state index in [2.05, 4.69) is 20.9 Å². The van der Waals surface area contributed by atoms with Crippen molar-refractivity contribution < 1.29 is 8.78 Å². The van der Waals surface area contributed by atoms with Crippen molar-refractivity contribution in [1.82, 2.24) is 4.98 Å². The zero-order chi connectivity index (χ0) is 12.4. The summed E-state index contributed by atoms with van der Waals surface area (Å²) in [7, 11) is 0. The standard InChI is InChI=1S/C13H10BrF2N/c1-8(9-3-2-4-17-7-9)10-5-11(14)13(16)6-12(10)15/h2-8H,1H3. The fraction of sp³-hybridized carbons (Fsp3) is 0.154. The lowest BCUT2D eigenvalue weighted by molar-refractivity contribution is 0.564. The lowest BCUT2D eigenvalue weighted by Gasteiger charge is -2.13. The summed E-state index contributed by atoms with van der Waals surface area (Å²) in [5, 5.41) is 0. The van der Waals surface area contributed by atoms with Gasteiger partial charge in [-0.1, -0.05) is 13.0 Å². The van der Waals surface area contributed by atoms with Crippen LogP contribution in [0.15, 0.2) is 41.1 Å². The molecule has 2 rings (SSSR count). The van der Waals surface area contributed by atoms with Crippen LogP contribution in [0, 0.1) is 11.6 Å². The molecule has 0 aliphatic rings. The quantitative estimate of drug-likeness (QED) is 0.754. The van der Waals surface area contributed by atoms with Gasteiger partial charge in [0, 0.05) is 24.4 Å². The number of rotatable bonds is 2. The highest BCUT2D eigenvalue weighted by Crippen LogP contribution is 2.29. The topological polar surface area (TPSA) is 12.9 Å². The maximum Gasteiger partial charge on any atom is 0.140 e. The van der Waals surface area contributed by atoms with Crippen LogP contribution in [0.4, 0.5) is 8.78 Å². The van der Waals surface area contributed by atoms with Crippen LogP contribution < -0.4 is 0 Å². The van der Waals surface area contributed by atoms with Gasteiger partial charge in [-0.2, -0.15) is 0 Å². The highest BCUT2D eigenvalue weighted by atomic mass is 79.9. The summed E-state index contributed by atoms with van der Waals surface area (Å²) in [5.74, 6) is -1.30. The van der Waals surface area contributed by atoms with Crippen molar-refractivity contribution in [2.45, 2.75) is 12.8 Å². The molecule has 1 heterocycles. The summed E-state index contributed by atoms with van der Waals surface area (Å²) in [4.78, 5) is 3.99. The van der Waals surface area contributed by atoms with Crippen LogP contribution >= 0.6 is 15.9 Å². The van der Waals surface area contributed by atoms with Crippen LogP contribution in [-0.2, 0) is 0 Å². The fourth-order valence-corrected chi connectivity index (χ4v) is 2.04. The van der Waals surface area contributed by atoms with Gasteiger partial charge in [-0.15, -0.1) is 0 Å². The highest BCUT2D eigenvalue weighted by Gasteiger charge is 2.15. The molecule has 0 N–H and O–H groups in total. The van der Waals surface area contributed by atoms with E-state index < -0.39 is 11.6 Å². The molecule has 1 nitrogen and oxygen atoms in total. The van der Waals surface area contributed by atoms with E-state index in [9.17, 15) is 8.78 Å². The van der Waals surface area contributed by atoms with Crippen LogP contribution in [0.1, 0.15) is 24.0 Å².